The zero-order chi connectivity index (χ0) is 32.4. The van der Waals surface area contributed by atoms with Crippen molar-refractivity contribution in [2.45, 2.75) is 63.7 Å². The predicted molar refractivity (Wildman–Crippen MR) is 178 cm³/mol. The molecule has 1 aromatic heterocycles. The number of anilines is 3. The fraction of sp³-hybridized carbons (Fsp3) is 0.647. The van der Waals surface area contributed by atoms with Crippen molar-refractivity contribution in [2.75, 3.05) is 84.1 Å². The zero-order valence-corrected chi connectivity index (χ0v) is 27.6. The van der Waals surface area contributed by atoms with Gasteiger partial charge in [-0.15, -0.1) is 0 Å². The number of amides is 2. The largest absolute Gasteiger partial charge is 0.494 e. The Kier molecular flexibility index (Phi) is 15.3. The van der Waals surface area contributed by atoms with Gasteiger partial charge in [0.05, 0.1) is 6.61 Å². The minimum atomic E-state index is -0.117. The highest BCUT2D eigenvalue weighted by Gasteiger charge is 2.29. The van der Waals surface area contributed by atoms with Crippen molar-refractivity contribution in [3.05, 3.63) is 36.0 Å². The summed E-state index contributed by atoms with van der Waals surface area (Å²) in [6.45, 7) is 5.19. The van der Waals surface area contributed by atoms with E-state index in [1.165, 1.54) is 0 Å². The molecular formula is C34H52N6O6. The number of nitrogens with zero attached hydrogens (tertiary/aromatic N) is 3. The standard InChI is InChI=1S/C34H52N6O6/c1-35-31(41)25-45-22-6-20-43-18-3-4-19-44-21-7-23-46-29-14-12-28(13-15-29)38-34-37-24-30(26-10-11-26)32(39-34)36-16-17-40(2)33(42)27-8-5-9-27/h12-15,24,26-27H,3-11,16-23,25H2,1-2H3,(H,35,41)(H2,36,37,38,39). The van der Waals surface area contributed by atoms with Gasteiger partial charge in [-0.05, 0) is 75.1 Å². The number of benzene rings is 1. The number of carbonyl (C=O) groups excluding carboxylic acids is 2. The van der Waals surface area contributed by atoms with Gasteiger partial charge < -0.3 is 39.8 Å². The summed E-state index contributed by atoms with van der Waals surface area (Å²) in [5, 5.41) is 9.28. The fourth-order valence-corrected chi connectivity index (χ4v) is 4.93. The van der Waals surface area contributed by atoms with Gasteiger partial charge in [0.2, 0.25) is 17.8 Å². The van der Waals surface area contributed by atoms with Crippen molar-refractivity contribution >= 4 is 29.3 Å². The Morgan fingerprint density at radius 2 is 1.57 bits per heavy atom. The summed E-state index contributed by atoms with van der Waals surface area (Å²) in [5.74, 6) is 3.05. The first-order chi connectivity index (χ1) is 22.5. The van der Waals surface area contributed by atoms with E-state index in [-0.39, 0.29) is 24.3 Å². The van der Waals surface area contributed by atoms with Gasteiger partial charge in [0.25, 0.3) is 0 Å². The Morgan fingerprint density at radius 3 is 2.22 bits per heavy atom. The van der Waals surface area contributed by atoms with Crippen LogP contribution in [0.15, 0.2) is 30.5 Å². The van der Waals surface area contributed by atoms with Gasteiger partial charge in [-0.3, -0.25) is 9.59 Å². The molecule has 0 radical (unpaired) electrons. The Morgan fingerprint density at radius 1 is 0.891 bits per heavy atom. The van der Waals surface area contributed by atoms with E-state index >= 15 is 0 Å². The van der Waals surface area contributed by atoms with Crippen LogP contribution in [0.2, 0.25) is 0 Å². The first-order valence-corrected chi connectivity index (χ1v) is 16.8. The molecule has 2 aliphatic carbocycles. The molecule has 12 nitrogen and oxygen atoms in total. The number of likely N-dealkylation sites (N-methyl/N-ethyl adjacent to an activating group) is 2. The van der Waals surface area contributed by atoms with E-state index in [4.69, 9.17) is 23.9 Å². The SMILES string of the molecule is CNC(=O)COCCCOCCCCOCCCOc1ccc(Nc2ncc(C3CC3)c(NCCN(C)C(=O)C3CCC3)n2)cc1. The molecule has 46 heavy (non-hydrogen) atoms. The summed E-state index contributed by atoms with van der Waals surface area (Å²) in [4.78, 5) is 34.7. The summed E-state index contributed by atoms with van der Waals surface area (Å²) in [7, 11) is 3.48. The van der Waals surface area contributed by atoms with Crippen molar-refractivity contribution in [3.8, 4) is 5.75 Å². The molecule has 1 heterocycles. The van der Waals surface area contributed by atoms with Crippen LogP contribution in [0.3, 0.4) is 0 Å². The molecule has 1 aromatic carbocycles. The molecule has 0 atom stereocenters. The molecule has 2 aromatic rings. The van der Waals surface area contributed by atoms with E-state index in [2.05, 4.69) is 20.9 Å². The second-order valence-electron chi connectivity index (χ2n) is 11.9. The van der Waals surface area contributed by atoms with Crippen LogP contribution in [0.5, 0.6) is 5.75 Å². The number of carbonyl (C=O) groups is 2. The average molecular weight is 641 g/mol. The van der Waals surface area contributed by atoms with Gasteiger partial charge in [-0.1, -0.05) is 6.42 Å². The van der Waals surface area contributed by atoms with Gasteiger partial charge in [0.1, 0.15) is 18.2 Å². The Bertz CT molecular complexity index is 1190. The van der Waals surface area contributed by atoms with E-state index < -0.39 is 0 Å². The first kappa shape index (κ1) is 35.4. The summed E-state index contributed by atoms with van der Waals surface area (Å²) < 4.78 is 22.4. The quantitative estimate of drug-likeness (QED) is 0.141. The zero-order valence-electron chi connectivity index (χ0n) is 27.6. The number of rotatable bonds is 24. The van der Waals surface area contributed by atoms with Crippen LogP contribution in [-0.4, -0.2) is 100 Å². The molecule has 4 rings (SSSR count). The number of hydrogen-bond donors (Lipinski definition) is 3. The molecule has 2 amide bonds. The summed E-state index contributed by atoms with van der Waals surface area (Å²) in [5.41, 5.74) is 2.03. The molecule has 0 aliphatic heterocycles. The third-order valence-electron chi connectivity index (χ3n) is 8.13. The topological polar surface area (TPSA) is 136 Å². The molecule has 0 bridgehead atoms. The van der Waals surface area contributed by atoms with E-state index in [0.29, 0.717) is 64.6 Å². The van der Waals surface area contributed by atoms with E-state index in [1.54, 1.807) is 7.05 Å². The van der Waals surface area contributed by atoms with Crippen molar-refractivity contribution in [3.63, 3.8) is 0 Å². The summed E-state index contributed by atoms with van der Waals surface area (Å²) in [6, 6.07) is 7.78. The molecule has 3 N–H and O–H groups in total. The van der Waals surface area contributed by atoms with E-state index in [9.17, 15) is 9.59 Å². The van der Waals surface area contributed by atoms with Gasteiger partial charge in [-0.2, -0.15) is 4.98 Å². The highest BCUT2D eigenvalue weighted by atomic mass is 16.5. The highest BCUT2D eigenvalue weighted by Crippen LogP contribution is 2.42. The predicted octanol–water partition coefficient (Wildman–Crippen LogP) is 4.50. The number of aromatic nitrogens is 2. The number of nitrogens with one attached hydrogen (secondary N) is 3. The van der Waals surface area contributed by atoms with Crippen molar-refractivity contribution in [1.29, 1.82) is 0 Å². The monoisotopic (exact) mass is 640 g/mol. The van der Waals surface area contributed by atoms with Gasteiger partial charge in [0.15, 0.2) is 0 Å². The molecular weight excluding hydrogens is 588 g/mol. The molecule has 12 heteroatoms. The lowest BCUT2D eigenvalue weighted by Crippen LogP contribution is -2.38. The van der Waals surface area contributed by atoms with Crippen LogP contribution >= 0.6 is 0 Å². The third kappa shape index (κ3) is 12.7. The Hall–Kier alpha value is -3.48. The van der Waals surface area contributed by atoms with Crippen LogP contribution in [0.4, 0.5) is 17.5 Å². The molecule has 254 valence electrons. The molecule has 2 fully saturated rings. The fourth-order valence-electron chi connectivity index (χ4n) is 4.93. The van der Waals surface area contributed by atoms with Crippen LogP contribution in [0.25, 0.3) is 0 Å². The maximum absolute atomic E-state index is 12.5. The number of hydrogen-bond acceptors (Lipinski definition) is 10. The van der Waals surface area contributed by atoms with Gasteiger partial charge in [-0.25, -0.2) is 4.98 Å². The lowest BCUT2D eigenvalue weighted by molar-refractivity contribution is -0.136. The maximum atomic E-state index is 12.5. The van der Waals surface area contributed by atoms with E-state index in [0.717, 1.165) is 80.6 Å². The Balaban J connectivity index is 1.05. The van der Waals surface area contributed by atoms with Crippen LogP contribution < -0.4 is 20.7 Å². The van der Waals surface area contributed by atoms with Crippen LogP contribution in [0.1, 0.15) is 69.3 Å². The van der Waals surface area contributed by atoms with Crippen molar-refractivity contribution < 1.29 is 28.5 Å². The lowest BCUT2D eigenvalue weighted by Gasteiger charge is -2.29. The van der Waals surface area contributed by atoms with Crippen LogP contribution in [0, 0.1) is 5.92 Å². The maximum Gasteiger partial charge on any atom is 0.245 e. The molecule has 0 unspecified atom stereocenters. The lowest BCUT2D eigenvalue weighted by atomic mass is 9.84. The summed E-state index contributed by atoms with van der Waals surface area (Å²) >= 11 is 0. The third-order valence-corrected chi connectivity index (χ3v) is 8.13. The van der Waals surface area contributed by atoms with Gasteiger partial charge in [0, 0.05) is 90.0 Å². The minimum absolute atomic E-state index is 0.0963. The van der Waals surface area contributed by atoms with E-state index in [1.807, 2.05) is 42.4 Å². The van der Waals surface area contributed by atoms with Gasteiger partial charge >= 0.3 is 0 Å². The second-order valence-corrected chi connectivity index (χ2v) is 11.9. The molecule has 2 saturated carbocycles. The average Bonchev–Trinajstić information content (AvgIpc) is 3.88. The number of ether oxygens (including phenoxy) is 4. The Labute approximate surface area is 273 Å². The normalized spacial score (nSPS) is 14.4. The smallest absolute Gasteiger partial charge is 0.245 e. The van der Waals surface area contributed by atoms with Crippen molar-refractivity contribution in [2.24, 2.45) is 5.92 Å². The second kappa shape index (κ2) is 19.9. The molecule has 0 saturated heterocycles. The molecule has 0 spiro atoms. The van der Waals surface area contributed by atoms with Crippen LogP contribution in [-0.2, 0) is 23.8 Å². The minimum Gasteiger partial charge on any atom is -0.494 e. The first-order valence-electron chi connectivity index (χ1n) is 16.8. The van der Waals surface area contributed by atoms with Crippen molar-refractivity contribution in [1.82, 2.24) is 20.2 Å². The molecule has 2 aliphatic rings. The number of unbranched alkanes of at least 4 members (excludes halogenated alkanes) is 1. The highest BCUT2D eigenvalue weighted by molar-refractivity contribution is 5.79. The summed E-state index contributed by atoms with van der Waals surface area (Å²) in [6.07, 6.45) is 10.9.